The Morgan fingerprint density at radius 1 is 1.05 bits per heavy atom. The van der Waals surface area contributed by atoms with Crippen LogP contribution in [0, 0.1) is 0 Å². The molecule has 3 rings (SSSR count). The van der Waals surface area contributed by atoms with E-state index >= 15 is 0 Å². The highest BCUT2D eigenvalue weighted by molar-refractivity contribution is 5.97. The van der Waals surface area contributed by atoms with Crippen LogP contribution >= 0.6 is 0 Å². The summed E-state index contributed by atoms with van der Waals surface area (Å²) in [5, 5.41) is 10.7. The minimum Gasteiger partial charge on any atom is -0.475 e. The fraction of sp³-hybridized carbons (Fsp3) is 0.278. The van der Waals surface area contributed by atoms with Crippen molar-refractivity contribution in [2.24, 2.45) is 4.99 Å². The van der Waals surface area contributed by atoms with Crippen molar-refractivity contribution in [1.29, 1.82) is 0 Å². The van der Waals surface area contributed by atoms with Crippen LogP contribution < -0.4 is 0 Å². The number of nitrogens with zero attached hydrogens (tertiary/aromatic N) is 1. The molecule has 0 aliphatic carbocycles. The summed E-state index contributed by atoms with van der Waals surface area (Å²) in [5.41, 5.74) is 2.34. The van der Waals surface area contributed by atoms with Gasteiger partial charge in [-0.25, -0.2) is 4.99 Å². The third kappa shape index (κ3) is 2.83. The molecule has 1 atom stereocenters. The predicted octanol–water partition coefficient (Wildman–Crippen LogP) is 3.32. The molecule has 1 unspecified atom stereocenters. The van der Waals surface area contributed by atoms with Gasteiger partial charge >= 0.3 is 0 Å². The van der Waals surface area contributed by atoms with Crippen LogP contribution in [-0.2, 0) is 4.74 Å². The van der Waals surface area contributed by atoms with E-state index in [4.69, 9.17) is 4.74 Å². The fourth-order valence-electron chi connectivity index (χ4n) is 2.47. The van der Waals surface area contributed by atoms with E-state index in [1.54, 1.807) is 0 Å². The van der Waals surface area contributed by atoms with Crippen molar-refractivity contribution in [1.82, 2.24) is 0 Å². The van der Waals surface area contributed by atoms with Gasteiger partial charge in [0.25, 0.3) is 0 Å². The first-order valence-corrected chi connectivity index (χ1v) is 7.12. The molecule has 1 heterocycles. The van der Waals surface area contributed by atoms with Crippen molar-refractivity contribution in [3.8, 4) is 0 Å². The molecule has 0 bridgehead atoms. The predicted molar refractivity (Wildman–Crippen MR) is 83.5 cm³/mol. The summed E-state index contributed by atoms with van der Waals surface area (Å²) >= 11 is 0. The van der Waals surface area contributed by atoms with Crippen LogP contribution in [-0.4, -0.2) is 23.2 Å². The molecule has 21 heavy (non-hydrogen) atoms. The normalized spacial score (nSPS) is 18.0. The highest BCUT2D eigenvalue weighted by Crippen LogP contribution is 2.28. The quantitative estimate of drug-likeness (QED) is 0.937. The van der Waals surface area contributed by atoms with Gasteiger partial charge in [0, 0.05) is 5.56 Å². The molecule has 0 saturated carbocycles. The summed E-state index contributed by atoms with van der Waals surface area (Å²) < 4.78 is 5.72. The maximum Gasteiger partial charge on any atom is 0.217 e. The van der Waals surface area contributed by atoms with Crippen molar-refractivity contribution in [2.45, 2.75) is 25.5 Å². The molecule has 0 saturated heterocycles. The molecule has 0 spiro atoms. The Morgan fingerprint density at radius 3 is 2.38 bits per heavy atom. The molecule has 0 amide bonds. The minimum atomic E-state index is -0.683. The molecule has 1 aliphatic heterocycles. The Kier molecular flexibility index (Phi) is 3.52. The Hall–Kier alpha value is -2.13. The monoisotopic (exact) mass is 281 g/mol. The van der Waals surface area contributed by atoms with Gasteiger partial charge in [-0.15, -0.1) is 0 Å². The molecule has 3 nitrogen and oxygen atoms in total. The Labute approximate surface area is 124 Å². The lowest BCUT2D eigenvalue weighted by molar-refractivity contribution is 0.219. The second-order valence-electron chi connectivity index (χ2n) is 5.92. The van der Waals surface area contributed by atoms with Gasteiger partial charge in [-0.05, 0) is 31.0 Å². The lowest BCUT2D eigenvalue weighted by Gasteiger charge is -2.15. The lowest BCUT2D eigenvalue weighted by Crippen LogP contribution is -2.17. The summed E-state index contributed by atoms with van der Waals surface area (Å²) in [5.74, 6) is 0.616. The Bertz CT molecular complexity index is 662. The molecule has 0 fully saturated rings. The lowest BCUT2D eigenvalue weighted by atomic mass is 9.96. The highest BCUT2D eigenvalue weighted by atomic mass is 16.5. The summed E-state index contributed by atoms with van der Waals surface area (Å²) in [7, 11) is 0. The van der Waals surface area contributed by atoms with E-state index in [9.17, 15) is 5.11 Å². The minimum absolute atomic E-state index is 0.208. The second kappa shape index (κ2) is 5.34. The smallest absolute Gasteiger partial charge is 0.217 e. The van der Waals surface area contributed by atoms with Gasteiger partial charge in [0.2, 0.25) is 5.90 Å². The van der Waals surface area contributed by atoms with E-state index in [-0.39, 0.29) is 5.54 Å². The molecule has 2 aromatic carbocycles. The number of hydrogen-bond acceptors (Lipinski definition) is 3. The first kappa shape index (κ1) is 13.8. The van der Waals surface area contributed by atoms with Crippen molar-refractivity contribution in [2.75, 3.05) is 6.61 Å². The number of aliphatic hydroxyl groups excluding tert-OH is 1. The van der Waals surface area contributed by atoms with Crippen molar-refractivity contribution >= 4 is 5.90 Å². The number of hydrogen-bond donors (Lipinski definition) is 1. The average molecular weight is 281 g/mol. The number of rotatable bonds is 3. The molecular formula is C18H19NO2. The van der Waals surface area contributed by atoms with Crippen LogP contribution in [0.25, 0.3) is 0 Å². The topological polar surface area (TPSA) is 41.8 Å². The first-order valence-electron chi connectivity index (χ1n) is 7.12. The van der Waals surface area contributed by atoms with Gasteiger partial charge < -0.3 is 9.84 Å². The maximum absolute atomic E-state index is 10.7. The summed E-state index contributed by atoms with van der Waals surface area (Å²) in [6.45, 7) is 4.64. The summed E-state index contributed by atoms with van der Waals surface area (Å²) in [6.07, 6.45) is -0.683. The molecule has 1 N–H and O–H groups in total. The molecule has 108 valence electrons. The fourth-order valence-corrected chi connectivity index (χ4v) is 2.47. The van der Waals surface area contributed by atoms with Crippen molar-refractivity contribution in [3.63, 3.8) is 0 Å². The number of aliphatic hydroxyl groups is 1. The van der Waals surface area contributed by atoms with E-state index < -0.39 is 6.10 Å². The average Bonchev–Trinajstić information content (AvgIpc) is 2.87. The van der Waals surface area contributed by atoms with Gasteiger partial charge in [-0.2, -0.15) is 0 Å². The number of ether oxygens (including phenoxy) is 1. The summed E-state index contributed by atoms with van der Waals surface area (Å²) in [6, 6.07) is 17.4. The molecule has 2 aromatic rings. The van der Waals surface area contributed by atoms with Crippen LogP contribution in [0.1, 0.15) is 36.6 Å². The zero-order valence-electron chi connectivity index (χ0n) is 12.3. The largest absolute Gasteiger partial charge is 0.475 e. The highest BCUT2D eigenvalue weighted by Gasteiger charge is 2.29. The van der Waals surface area contributed by atoms with Crippen LogP contribution in [0.2, 0.25) is 0 Å². The van der Waals surface area contributed by atoms with Crippen LogP contribution in [0.4, 0.5) is 0 Å². The SMILES string of the molecule is CC1(C)COC(c2ccccc2C(O)c2ccccc2)=N1. The first-order chi connectivity index (χ1) is 10.1. The van der Waals surface area contributed by atoms with E-state index in [1.807, 2.05) is 68.4 Å². The molecule has 0 aromatic heterocycles. The van der Waals surface area contributed by atoms with E-state index in [0.29, 0.717) is 12.5 Å². The zero-order chi connectivity index (χ0) is 14.9. The van der Waals surface area contributed by atoms with Gasteiger partial charge in [-0.1, -0.05) is 48.5 Å². The van der Waals surface area contributed by atoms with E-state index in [2.05, 4.69) is 4.99 Å². The van der Waals surface area contributed by atoms with E-state index in [0.717, 1.165) is 16.7 Å². The Balaban J connectivity index is 2.01. The molecule has 1 aliphatic rings. The van der Waals surface area contributed by atoms with Gasteiger partial charge in [0.1, 0.15) is 12.7 Å². The number of benzene rings is 2. The van der Waals surface area contributed by atoms with Crippen molar-refractivity contribution in [3.05, 3.63) is 71.3 Å². The Morgan fingerprint density at radius 2 is 1.71 bits per heavy atom. The second-order valence-corrected chi connectivity index (χ2v) is 5.92. The van der Waals surface area contributed by atoms with Crippen molar-refractivity contribution < 1.29 is 9.84 Å². The van der Waals surface area contributed by atoms with Gasteiger partial charge in [0.05, 0.1) is 5.54 Å². The maximum atomic E-state index is 10.7. The molecule has 0 radical (unpaired) electrons. The van der Waals surface area contributed by atoms with Gasteiger partial charge in [0.15, 0.2) is 0 Å². The standard InChI is InChI=1S/C18H19NO2/c1-18(2)12-21-17(19-18)15-11-7-6-10-14(15)16(20)13-8-4-3-5-9-13/h3-11,16,20H,12H2,1-2H3. The summed E-state index contributed by atoms with van der Waals surface area (Å²) in [4.78, 5) is 4.61. The van der Waals surface area contributed by atoms with Crippen LogP contribution in [0.15, 0.2) is 59.6 Å². The third-order valence-electron chi connectivity index (χ3n) is 3.57. The van der Waals surface area contributed by atoms with Gasteiger partial charge in [-0.3, -0.25) is 0 Å². The van der Waals surface area contributed by atoms with Crippen LogP contribution in [0.5, 0.6) is 0 Å². The zero-order valence-corrected chi connectivity index (χ0v) is 12.3. The third-order valence-corrected chi connectivity index (χ3v) is 3.57. The molecular weight excluding hydrogens is 262 g/mol. The number of aliphatic imine (C=N–C) groups is 1. The molecule has 3 heteroatoms. The van der Waals surface area contributed by atoms with E-state index in [1.165, 1.54) is 0 Å². The van der Waals surface area contributed by atoms with Crippen LogP contribution in [0.3, 0.4) is 0 Å².